The van der Waals surface area contributed by atoms with Crippen molar-refractivity contribution >= 4 is 17.2 Å². The van der Waals surface area contributed by atoms with E-state index in [2.05, 4.69) is 22.1 Å². The molecule has 6 nitrogen and oxygen atoms in total. The molecule has 0 unspecified atom stereocenters. The lowest BCUT2D eigenvalue weighted by Crippen LogP contribution is -2.47. The Bertz CT molecular complexity index is 676. The normalized spacial score (nSPS) is 16.9. The number of amides is 1. The van der Waals surface area contributed by atoms with E-state index >= 15 is 0 Å². The minimum absolute atomic E-state index is 0.00239. The van der Waals surface area contributed by atoms with Crippen molar-refractivity contribution in [3.63, 3.8) is 0 Å². The Hall–Kier alpha value is -1.70. The maximum atomic E-state index is 12.1. The average Bonchev–Trinajstić information content (AvgIpc) is 3.22. The van der Waals surface area contributed by atoms with E-state index in [1.54, 1.807) is 0 Å². The average molecular weight is 349 g/mol. The second-order valence-electron chi connectivity index (χ2n) is 6.03. The molecule has 3 heterocycles. The molecular weight excluding hydrogens is 326 g/mol. The summed E-state index contributed by atoms with van der Waals surface area (Å²) in [4.78, 5) is 19.0. The fraction of sp³-hybridized carbons (Fsp3) is 0.529. The number of hydrogen-bond donors (Lipinski definition) is 1. The van der Waals surface area contributed by atoms with Crippen molar-refractivity contribution in [2.45, 2.75) is 26.3 Å². The minimum atomic E-state index is 0.00239. The number of carbonyl (C=O) groups excluding carboxylic acids is 1. The van der Waals surface area contributed by atoms with Crippen LogP contribution < -0.4 is 5.32 Å². The molecule has 0 aliphatic carbocycles. The zero-order valence-corrected chi connectivity index (χ0v) is 14.9. The Morgan fingerprint density at radius 2 is 2.21 bits per heavy atom. The van der Waals surface area contributed by atoms with Gasteiger partial charge in [0.2, 0.25) is 5.91 Å². The van der Waals surface area contributed by atoms with Gasteiger partial charge >= 0.3 is 0 Å². The second kappa shape index (κ2) is 7.92. The van der Waals surface area contributed by atoms with Gasteiger partial charge in [0, 0.05) is 31.1 Å². The number of furan rings is 1. The van der Waals surface area contributed by atoms with E-state index in [-0.39, 0.29) is 5.91 Å². The van der Waals surface area contributed by atoms with Gasteiger partial charge in [0.15, 0.2) is 10.8 Å². The quantitative estimate of drug-likeness (QED) is 0.865. The van der Waals surface area contributed by atoms with E-state index in [0.29, 0.717) is 19.0 Å². The summed E-state index contributed by atoms with van der Waals surface area (Å²) in [5.74, 6) is 1.62. The standard InChI is InChI=1S/C17H23N3O3S/c1-12(20-5-7-22-8-6-20)10-18-16(21)9-14-11-24-17(19-14)15-4-3-13(2)23-15/h3-4,11-12H,5-10H2,1-2H3,(H,18,21)/t12-/m1/s1. The van der Waals surface area contributed by atoms with Gasteiger partial charge < -0.3 is 14.5 Å². The third-order valence-corrected chi connectivity index (χ3v) is 5.01. The molecule has 1 saturated heterocycles. The van der Waals surface area contributed by atoms with Crippen LogP contribution in [0.4, 0.5) is 0 Å². The minimum Gasteiger partial charge on any atom is -0.459 e. The van der Waals surface area contributed by atoms with Crippen LogP contribution in [0.2, 0.25) is 0 Å². The van der Waals surface area contributed by atoms with Crippen LogP contribution in [0.15, 0.2) is 21.9 Å². The molecule has 0 radical (unpaired) electrons. The number of carbonyl (C=O) groups is 1. The number of aryl methyl sites for hydroxylation is 1. The topological polar surface area (TPSA) is 67.6 Å². The molecule has 2 aromatic rings. The summed E-state index contributed by atoms with van der Waals surface area (Å²) in [5, 5.41) is 5.73. The zero-order chi connectivity index (χ0) is 16.9. The smallest absolute Gasteiger partial charge is 0.226 e. The summed E-state index contributed by atoms with van der Waals surface area (Å²) in [6.45, 7) is 8.07. The summed E-state index contributed by atoms with van der Waals surface area (Å²) < 4.78 is 10.9. The number of morpholine rings is 1. The SMILES string of the molecule is Cc1ccc(-c2nc(CC(=O)NC[C@@H](C)N3CCOCC3)cs2)o1. The third-order valence-electron chi connectivity index (χ3n) is 4.11. The molecule has 0 spiro atoms. The van der Waals surface area contributed by atoms with Crippen molar-refractivity contribution in [2.75, 3.05) is 32.8 Å². The third kappa shape index (κ3) is 4.43. The highest BCUT2D eigenvalue weighted by Crippen LogP contribution is 2.25. The second-order valence-corrected chi connectivity index (χ2v) is 6.89. The number of nitrogens with zero attached hydrogens (tertiary/aromatic N) is 2. The number of rotatable bonds is 6. The highest BCUT2D eigenvalue weighted by atomic mass is 32.1. The first-order valence-corrected chi connectivity index (χ1v) is 9.09. The first kappa shape index (κ1) is 17.1. The first-order chi connectivity index (χ1) is 11.6. The molecule has 1 aliphatic heterocycles. The molecular formula is C17H23N3O3S. The Morgan fingerprint density at radius 3 is 2.92 bits per heavy atom. The predicted molar refractivity (Wildman–Crippen MR) is 93.1 cm³/mol. The van der Waals surface area contributed by atoms with Crippen molar-refractivity contribution < 1.29 is 13.9 Å². The fourth-order valence-corrected chi connectivity index (χ4v) is 3.47. The zero-order valence-electron chi connectivity index (χ0n) is 14.1. The van der Waals surface area contributed by atoms with E-state index in [1.165, 1.54) is 11.3 Å². The molecule has 3 rings (SSSR count). The van der Waals surface area contributed by atoms with Gasteiger partial charge in [0.25, 0.3) is 0 Å². The summed E-state index contributed by atoms with van der Waals surface area (Å²) in [5.41, 5.74) is 0.778. The predicted octanol–water partition coefficient (Wildman–Crippen LogP) is 2.09. The lowest BCUT2D eigenvalue weighted by molar-refractivity contribution is -0.120. The van der Waals surface area contributed by atoms with E-state index in [1.807, 2.05) is 24.4 Å². The summed E-state index contributed by atoms with van der Waals surface area (Å²) in [7, 11) is 0. The van der Waals surface area contributed by atoms with Crippen LogP contribution in [0.5, 0.6) is 0 Å². The molecule has 0 aromatic carbocycles. The Morgan fingerprint density at radius 1 is 1.42 bits per heavy atom. The number of hydrogen-bond acceptors (Lipinski definition) is 6. The monoisotopic (exact) mass is 349 g/mol. The Balaban J connectivity index is 1.47. The molecule has 0 bridgehead atoms. The first-order valence-electron chi connectivity index (χ1n) is 8.21. The Labute approximate surface area is 145 Å². The number of thiazole rings is 1. The van der Waals surface area contributed by atoms with Gasteiger partial charge in [-0.1, -0.05) is 0 Å². The van der Waals surface area contributed by atoms with Gasteiger partial charge in [0.1, 0.15) is 5.76 Å². The van der Waals surface area contributed by atoms with Crippen molar-refractivity contribution in [1.29, 1.82) is 0 Å². The van der Waals surface area contributed by atoms with Crippen LogP contribution in [0.3, 0.4) is 0 Å². The summed E-state index contributed by atoms with van der Waals surface area (Å²) in [6, 6.07) is 4.13. The lowest BCUT2D eigenvalue weighted by atomic mass is 10.2. The van der Waals surface area contributed by atoms with Crippen LogP contribution in [-0.4, -0.2) is 54.7 Å². The van der Waals surface area contributed by atoms with E-state index < -0.39 is 0 Å². The molecule has 1 N–H and O–H groups in total. The van der Waals surface area contributed by atoms with Crippen LogP contribution in [-0.2, 0) is 16.0 Å². The van der Waals surface area contributed by atoms with Crippen LogP contribution in [0.25, 0.3) is 10.8 Å². The number of aromatic nitrogens is 1. The van der Waals surface area contributed by atoms with Gasteiger partial charge in [-0.2, -0.15) is 0 Å². The van der Waals surface area contributed by atoms with E-state index in [4.69, 9.17) is 9.15 Å². The molecule has 0 saturated carbocycles. The van der Waals surface area contributed by atoms with Gasteiger partial charge in [0.05, 0.1) is 25.3 Å². The van der Waals surface area contributed by atoms with Crippen molar-refractivity contribution in [3.8, 4) is 10.8 Å². The fourth-order valence-electron chi connectivity index (χ4n) is 2.69. The van der Waals surface area contributed by atoms with Crippen LogP contribution >= 0.6 is 11.3 Å². The summed E-state index contributed by atoms with van der Waals surface area (Å²) in [6.07, 6.45) is 0.298. The molecule has 1 fully saturated rings. The maximum absolute atomic E-state index is 12.1. The largest absolute Gasteiger partial charge is 0.459 e. The van der Waals surface area contributed by atoms with Crippen LogP contribution in [0, 0.1) is 6.92 Å². The lowest BCUT2D eigenvalue weighted by Gasteiger charge is -2.32. The van der Waals surface area contributed by atoms with Crippen molar-refractivity contribution in [3.05, 3.63) is 29.0 Å². The van der Waals surface area contributed by atoms with Crippen molar-refractivity contribution in [2.24, 2.45) is 0 Å². The van der Waals surface area contributed by atoms with E-state index in [9.17, 15) is 4.79 Å². The van der Waals surface area contributed by atoms with Gasteiger partial charge in [-0.15, -0.1) is 11.3 Å². The molecule has 2 aromatic heterocycles. The molecule has 130 valence electrons. The highest BCUT2D eigenvalue weighted by Gasteiger charge is 2.18. The molecule has 1 aliphatic rings. The van der Waals surface area contributed by atoms with Crippen LogP contribution in [0.1, 0.15) is 18.4 Å². The number of ether oxygens (including phenoxy) is 1. The van der Waals surface area contributed by atoms with E-state index in [0.717, 1.165) is 48.5 Å². The van der Waals surface area contributed by atoms with Gasteiger partial charge in [-0.3, -0.25) is 9.69 Å². The summed E-state index contributed by atoms with van der Waals surface area (Å²) >= 11 is 1.50. The molecule has 1 atom stereocenters. The van der Waals surface area contributed by atoms with Gasteiger partial charge in [-0.25, -0.2) is 4.98 Å². The maximum Gasteiger partial charge on any atom is 0.226 e. The molecule has 1 amide bonds. The van der Waals surface area contributed by atoms with Gasteiger partial charge in [-0.05, 0) is 26.0 Å². The highest BCUT2D eigenvalue weighted by molar-refractivity contribution is 7.13. The van der Waals surface area contributed by atoms with Crippen molar-refractivity contribution in [1.82, 2.24) is 15.2 Å². The Kier molecular flexibility index (Phi) is 5.65. The molecule has 24 heavy (non-hydrogen) atoms. The molecule has 7 heteroatoms. The number of nitrogens with one attached hydrogen (secondary N) is 1.